The predicted octanol–water partition coefficient (Wildman–Crippen LogP) is 7.29. The normalized spacial score (nSPS) is 25.5. The first-order chi connectivity index (χ1) is 29.7. The Bertz CT molecular complexity index is 2710. The molecule has 4 aliphatic rings. The van der Waals surface area contributed by atoms with Gasteiger partial charge in [-0.3, -0.25) is 19.1 Å². The number of carbonyl (C=O) groups is 3. The molecule has 3 aromatic heterocycles. The fourth-order valence-corrected chi connectivity index (χ4v) is 10.1. The number of rotatable bonds is 8. The first-order valence-corrected chi connectivity index (χ1v) is 22.3. The summed E-state index contributed by atoms with van der Waals surface area (Å²) in [6, 6.07) is 11.4. The lowest BCUT2D eigenvalue weighted by atomic mass is 9.90. The third-order valence-electron chi connectivity index (χ3n) is 12.4. The molecule has 1 saturated heterocycles. The fraction of sp³-hybridized carbons (Fsp3) is 0.432. The van der Waals surface area contributed by atoms with Gasteiger partial charge in [-0.1, -0.05) is 49.3 Å². The highest BCUT2D eigenvalue weighted by atomic mass is 32.2. The van der Waals surface area contributed by atoms with Gasteiger partial charge in [0.05, 0.1) is 28.8 Å². The highest BCUT2D eigenvalue weighted by Crippen LogP contribution is 2.57. The van der Waals surface area contributed by atoms with Crippen molar-refractivity contribution >= 4 is 49.7 Å². The number of fused-ring (bicyclic) bond motifs is 5. The summed E-state index contributed by atoms with van der Waals surface area (Å²) >= 11 is 0. The van der Waals surface area contributed by atoms with Gasteiger partial charge in [-0.2, -0.15) is 22.5 Å². The summed E-state index contributed by atoms with van der Waals surface area (Å²) in [7, 11) is -3.93. The van der Waals surface area contributed by atoms with Crippen LogP contribution in [0.4, 0.5) is 17.6 Å². The molecule has 0 unspecified atom stereocenters. The minimum atomic E-state index is -4.56. The molecule has 1 N–H and O–H groups in total. The van der Waals surface area contributed by atoms with Crippen LogP contribution in [0.2, 0.25) is 0 Å². The van der Waals surface area contributed by atoms with Gasteiger partial charge in [0.15, 0.2) is 11.6 Å². The second-order valence-corrected chi connectivity index (χ2v) is 18.7. The molecule has 0 radical (unpaired) electrons. The first kappa shape index (κ1) is 41.6. The molecule has 2 aromatic carbocycles. The average molecular weight is 875 g/mol. The molecule has 2 amide bonds. The van der Waals surface area contributed by atoms with Gasteiger partial charge >= 0.3 is 6.18 Å². The van der Waals surface area contributed by atoms with Gasteiger partial charge in [0.25, 0.3) is 5.88 Å². The topological polar surface area (TPSA) is 175 Å². The molecule has 2 aliphatic heterocycles. The second-order valence-electron chi connectivity index (χ2n) is 16.7. The Morgan fingerprint density at radius 2 is 1.77 bits per heavy atom. The van der Waals surface area contributed by atoms with Gasteiger partial charge in [0.2, 0.25) is 33.4 Å². The van der Waals surface area contributed by atoms with Crippen molar-refractivity contribution in [2.75, 3.05) is 6.54 Å². The number of aromatic nitrogens is 4. The van der Waals surface area contributed by atoms with Gasteiger partial charge in [0.1, 0.15) is 23.0 Å². The number of amides is 2. The van der Waals surface area contributed by atoms with E-state index in [1.54, 1.807) is 24.3 Å². The van der Waals surface area contributed by atoms with E-state index in [0.717, 1.165) is 31.0 Å². The van der Waals surface area contributed by atoms with Crippen LogP contribution >= 0.6 is 0 Å². The van der Waals surface area contributed by atoms with E-state index < -0.39 is 80.0 Å². The van der Waals surface area contributed by atoms with Crippen LogP contribution in [-0.4, -0.2) is 74.8 Å². The van der Waals surface area contributed by atoms with Crippen LogP contribution in [-0.2, 0) is 37.0 Å². The summed E-state index contributed by atoms with van der Waals surface area (Å²) in [6.07, 6.45) is 3.64. The lowest BCUT2D eigenvalue weighted by Gasteiger charge is -2.29. The summed E-state index contributed by atoms with van der Waals surface area (Å²) in [6.45, 7) is -0.115. The quantitative estimate of drug-likeness (QED) is 0.0942. The second kappa shape index (κ2) is 16.2. The number of benzene rings is 2. The van der Waals surface area contributed by atoms with Crippen molar-refractivity contribution in [3.8, 4) is 17.3 Å². The standard InChI is InChI=1S/C44H42F4N6O7S/c45-35-18-19-49-36(50-35)20-26-8-4-2-1-3-5-9-28-22-43(28,42(57)53-62(58,59)30-16-17-30)23-33(55)32-21-29(24-54(32)41(26)56)60-40-38-37(31-10-6-7-11-34(31)61-38)51-39(52-40)25-12-14-27(15-13-25)44(46,47)48/h5-7,9-15,18-19,26,28-30,32H,1-4,8,16-17,20-24H2,(H,53,57)/b9-5-/t26-,28+,29-,32+,43-/m1/s1. The zero-order chi connectivity index (χ0) is 43.4. The number of sulfonamides is 1. The minimum absolute atomic E-state index is 0.00508. The number of alkyl halides is 3. The van der Waals surface area contributed by atoms with Crippen molar-refractivity contribution in [3.05, 3.63) is 90.3 Å². The van der Waals surface area contributed by atoms with Crippen LogP contribution < -0.4 is 9.46 Å². The van der Waals surface area contributed by atoms with Gasteiger partial charge in [0, 0.05) is 48.4 Å². The van der Waals surface area contributed by atoms with Crippen molar-refractivity contribution in [1.82, 2.24) is 29.6 Å². The molecule has 5 heterocycles. The number of furan rings is 1. The van der Waals surface area contributed by atoms with Crippen LogP contribution in [0, 0.1) is 23.2 Å². The minimum Gasteiger partial charge on any atom is -0.470 e. The van der Waals surface area contributed by atoms with E-state index in [9.17, 15) is 40.4 Å². The van der Waals surface area contributed by atoms with Crippen LogP contribution in [0.25, 0.3) is 33.5 Å². The molecule has 62 heavy (non-hydrogen) atoms. The van der Waals surface area contributed by atoms with E-state index in [2.05, 4.69) is 24.7 Å². The zero-order valence-electron chi connectivity index (χ0n) is 33.3. The SMILES string of the molecule is O=C1C[C@]2(C(=O)NS(=O)(=O)C3CC3)C[C@@H]2/C=C\CCCCC[C@H](Cc2nccc(F)n2)C(=O)N2C[C@H](Oc3nc(-c4ccc(C(F)(F)F)cc4)nc4c3oc3ccccc34)C[C@@H]12. The number of ketones is 1. The van der Waals surface area contributed by atoms with Gasteiger partial charge in [-0.15, -0.1) is 0 Å². The third-order valence-corrected chi connectivity index (χ3v) is 14.2. The number of para-hydroxylation sites is 1. The highest BCUT2D eigenvalue weighted by molar-refractivity contribution is 7.90. The summed E-state index contributed by atoms with van der Waals surface area (Å²) < 4.78 is 95.6. The Morgan fingerprint density at radius 1 is 0.984 bits per heavy atom. The van der Waals surface area contributed by atoms with Crippen LogP contribution in [0.15, 0.2) is 77.4 Å². The van der Waals surface area contributed by atoms with Crippen molar-refractivity contribution in [2.24, 2.45) is 17.3 Å². The Labute approximate surface area is 353 Å². The van der Waals surface area contributed by atoms with Crippen molar-refractivity contribution in [2.45, 2.75) is 94.2 Å². The Balaban J connectivity index is 1.07. The zero-order valence-corrected chi connectivity index (χ0v) is 34.1. The Kier molecular flexibility index (Phi) is 10.8. The first-order valence-electron chi connectivity index (χ1n) is 20.8. The van der Waals surface area contributed by atoms with Gasteiger partial charge in [-0.05, 0) is 68.7 Å². The number of allylic oxidation sites excluding steroid dienone is 2. The number of halogens is 4. The lowest BCUT2D eigenvalue weighted by Crippen LogP contribution is -2.46. The molecular formula is C44H42F4N6O7S. The summed E-state index contributed by atoms with van der Waals surface area (Å²) in [5, 5.41) is -0.0664. The Hall–Kier alpha value is -5.78. The number of nitrogens with zero attached hydrogens (tertiary/aromatic N) is 5. The van der Waals surface area contributed by atoms with E-state index in [1.165, 1.54) is 23.2 Å². The molecule has 2 aliphatic carbocycles. The number of ether oxygens (including phenoxy) is 1. The van der Waals surface area contributed by atoms with E-state index in [1.807, 2.05) is 12.2 Å². The molecule has 18 heteroatoms. The molecule has 3 fully saturated rings. The number of carbonyl (C=O) groups excluding carboxylic acids is 3. The lowest BCUT2D eigenvalue weighted by molar-refractivity contribution is -0.142. The molecule has 0 spiro atoms. The fourth-order valence-electron chi connectivity index (χ4n) is 8.75. The smallest absolute Gasteiger partial charge is 0.416 e. The maximum absolute atomic E-state index is 14.8. The van der Waals surface area contributed by atoms with Crippen LogP contribution in [0.3, 0.4) is 0 Å². The molecule has 2 saturated carbocycles. The van der Waals surface area contributed by atoms with E-state index in [-0.39, 0.29) is 60.9 Å². The van der Waals surface area contributed by atoms with E-state index >= 15 is 0 Å². The summed E-state index contributed by atoms with van der Waals surface area (Å²) in [5.74, 6) is -3.42. The van der Waals surface area contributed by atoms with Crippen LogP contribution in [0.1, 0.15) is 75.6 Å². The van der Waals surface area contributed by atoms with Crippen molar-refractivity contribution < 1.29 is 49.5 Å². The highest BCUT2D eigenvalue weighted by Gasteiger charge is 2.61. The molecule has 0 bridgehead atoms. The average Bonchev–Trinajstić information content (AvgIpc) is 4.14. The van der Waals surface area contributed by atoms with Crippen molar-refractivity contribution in [1.29, 1.82) is 0 Å². The Morgan fingerprint density at radius 3 is 2.53 bits per heavy atom. The number of hydrogen-bond donors (Lipinski definition) is 1. The number of Topliss-reactive ketones (excluding diaryl/α,β-unsaturated/α-hetero) is 1. The van der Waals surface area contributed by atoms with Crippen molar-refractivity contribution in [3.63, 3.8) is 0 Å². The maximum atomic E-state index is 14.8. The molecule has 5 atom stereocenters. The molecule has 9 rings (SSSR count). The number of nitrogens with one attached hydrogen (secondary N) is 1. The molecule has 5 aromatic rings. The summed E-state index contributed by atoms with van der Waals surface area (Å²) in [4.78, 5) is 62.2. The molecule has 324 valence electrons. The van der Waals surface area contributed by atoms with E-state index in [0.29, 0.717) is 48.6 Å². The third kappa shape index (κ3) is 8.40. The predicted molar refractivity (Wildman–Crippen MR) is 216 cm³/mol. The van der Waals surface area contributed by atoms with Gasteiger partial charge < -0.3 is 14.1 Å². The number of hydrogen-bond acceptors (Lipinski definition) is 11. The molecular weight excluding hydrogens is 833 g/mol. The monoisotopic (exact) mass is 874 g/mol. The van der Waals surface area contributed by atoms with Gasteiger partial charge in [-0.25, -0.2) is 23.4 Å². The summed E-state index contributed by atoms with van der Waals surface area (Å²) in [5.41, 5.74) is -1.01. The van der Waals surface area contributed by atoms with Crippen LogP contribution in [0.5, 0.6) is 5.88 Å². The largest absolute Gasteiger partial charge is 0.470 e. The maximum Gasteiger partial charge on any atom is 0.416 e. The van der Waals surface area contributed by atoms with E-state index in [4.69, 9.17) is 9.15 Å². The molecule has 13 nitrogen and oxygen atoms in total.